The minimum Gasteiger partial charge on any atom is -0.378 e. The summed E-state index contributed by atoms with van der Waals surface area (Å²) in [5, 5.41) is 7.83. The Hall–Kier alpha value is -3.82. The van der Waals surface area contributed by atoms with Crippen molar-refractivity contribution in [2.75, 3.05) is 41.8 Å². The summed E-state index contributed by atoms with van der Waals surface area (Å²) in [6, 6.07) is 17.6. The van der Waals surface area contributed by atoms with Gasteiger partial charge in [-0.05, 0) is 42.5 Å². The molecule has 0 atom stereocenters. The van der Waals surface area contributed by atoms with Crippen molar-refractivity contribution >= 4 is 40.3 Å². The van der Waals surface area contributed by atoms with Crippen LogP contribution in [0.25, 0.3) is 11.3 Å². The number of carbonyl (C=O) groups is 1. The first-order valence-electron chi connectivity index (χ1n) is 10.6. The number of amides is 1. The summed E-state index contributed by atoms with van der Waals surface area (Å²) in [6.07, 6.45) is 1.73. The topological polar surface area (TPSA) is 92.3 Å². The number of rotatable bonds is 6. The van der Waals surface area contributed by atoms with Gasteiger partial charge in [-0.3, -0.25) is 4.79 Å². The molecule has 33 heavy (non-hydrogen) atoms. The number of hydrogen-bond donors (Lipinski definition) is 2. The summed E-state index contributed by atoms with van der Waals surface area (Å²) in [5.74, 6) is 0.296. The molecule has 4 aromatic rings. The zero-order chi connectivity index (χ0) is 22.5. The second kappa shape index (κ2) is 9.76. The highest BCUT2D eigenvalue weighted by atomic mass is 32.1. The lowest BCUT2D eigenvalue weighted by Gasteiger charge is -2.28. The Morgan fingerprint density at radius 2 is 1.70 bits per heavy atom. The van der Waals surface area contributed by atoms with Crippen molar-refractivity contribution in [3.63, 3.8) is 0 Å². The number of nitrogens with zero attached hydrogens (tertiary/aromatic N) is 4. The van der Waals surface area contributed by atoms with Crippen LogP contribution in [0.2, 0.25) is 0 Å². The molecular formula is C24H22N6O2S. The Morgan fingerprint density at radius 1 is 0.939 bits per heavy atom. The second-order valence-corrected chi connectivity index (χ2v) is 8.16. The van der Waals surface area contributed by atoms with E-state index in [9.17, 15) is 4.79 Å². The molecule has 0 aliphatic carbocycles. The van der Waals surface area contributed by atoms with E-state index >= 15 is 0 Å². The third-order valence-corrected chi connectivity index (χ3v) is 5.85. The third-order valence-electron chi connectivity index (χ3n) is 5.26. The standard InChI is InChI=1S/C24H22N6O2S/c31-23(22-15-33-16-26-22)27-18-3-1-17(2-4-18)21-9-10-25-24(29-21)28-19-5-7-20(8-6-19)30-11-13-32-14-12-30/h1-10,15-16H,11-14H2,(H,27,31)(H,25,28,29). The predicted octanol–water partition coefficient (Wildman–Crippen LogP) is 4.43. The molecule has 1 amide bonds. The van der Waals surface area contributed by atoms with E-state index in [-0.39, 0.29) is 5.91 Å². The normalized spacial score (nSPS) is 13.5. The van der Waals surface area contributed by atoms with Gasteiger partial charge >= 0.3 is 0 Å². The zero-order valence-corrected chi connectivity index (χ0v) is 18.6. The van der Waals surface area contributed by atoms with Gasteiger partial charge in [0.15, 0.2) is 0 Å². The predicted molar refractivity (Wildman–Crippen MR) is 130 cm³/mol. The summed E-state index contributed by atoms with van der Waals surface area (Å²) in [5.41, 5.74) is 6.56. The van der Waals surface area contributed by atoms with Crippen molar-refractivity contribution < 1.29 is 9.53 Å². The van der Waals surface area contributed by atoms with Crippen molar-refractivity contribution in [1.29, 1.82) is 0 Å². The van der Waals surface area contributed by atoms with Crippen LogP contribution in [0.4, 0.5) is 23.0 Å². The van der Waals surface area contributed by atoms with Crippen LogP contribution in [0.5, 0.6) is 0 Å². The zero-order valence-electron chi connectivity index (χ0n) is 17.8. The maximum absolute atomic E-state index is 12.2. The molecule has 2 aromatic carbocycles. The molecule has 1 aliphatic rings. The number of aromatic nitrogens is 3. The number of ether oxygens (including phenoxy) is 1. The van der Waals surface area contributed by atoms with Gasteiger partial charge in [0.25, 0.3) is 5.91 Å². The smallest absolute Gasteiger partial charge is 0.275 e. The molecule has 1 saturated heterocycles. The minimum absolute atomic E-state index is 0.225. The largest absolute Gasteiger partial charge is 0.378 e. The van der Waals surface area contributed by atoms with E-state index in [2.05, 4.69) is 42.6 Å². The number of carbonyl (C=O) groups excluding carboxylic acids is 1. The summed E-state index contributed by atoms with van der Waals surface area (Å²) >= 11 is 1.39. The summed E-state index contributed by atoms with van der Waals surface area (Å²) < 4.78 is 5.42. The Kier molecular flexibility index (Phi) is 6.23. The highest BCUT2D eigenvalue weighted by Gasteiger charge is 2.11. The molecule has 0 radical (unpaired) electrons. The summed E-state index contributed by atoms with van der Waals surface area (Å²) in [7, 11) is 0. The van der Waals surface area contributed by atoms with Crippen LogP contribution >= 0.6 is 11.3 Å². The molecule has 5 rings (SSSR count). The quantitative estimate of drug-likeness (QED) is 0.441. The first kappa shape index (κ1) is 21.0. The molecule has 0 unspecified atom stereocenters. The number of anilines is 4. The van der Waals surface area contributed by atoms with E-state index in [1.54, 1.807) is 17.1 Å². The first-order valence-corrected chi connectivity index (χ1v) is 11.5. The second-order valence-electron chi connectivity index (χ2n) is 7.44. The van der Waals surface area contributed by atoms with Crippen LogP contribution in [0.15, 0.2) is 71.7 Å². The van der Waals surface area contributed by atoms with Gasteiger partial charge in [-0.25, -0.2) is 15.0 Å². The van der Waals surface area contributed by atoms with E-state index in [1.807, 2.05) is 42.5 Å². The van der Waals surface area contributed by atoms with Gasteiger partial charge in [-0.1, -0.05) is 12.1 Å². The molecule has 0 spiro atoms. The third kappa shape index (κ3) is 5.16. The maximum atomic E-state index is 12.2. The van der Waals surface area contributed by atoms with Crippen LogP contribution in [-0.2, 0) is 4.74 Å². The number of thiazole rings is 1. The van der Waals surface area contributed by atoms with Gasteiger partial charge in [0.05, 0.1) is 24.4 Å². The van der Waals surface area contributed by atoms with Crippen molar-refractivity contribution in [2.24, 2.45) is 0 Å². The molecule has 8 nitrogen and oxygen atoms in total. The van der Waals surface area contributed by atoms with E-state index in [1.165, 1.54) is 17.0 Å². The van der Waals surface area contributed by atoms with Gasteiger partial charge in [-0.2, -0.15) is 0 Å². The molecule has 1 fully saturated rings. The van der Waals surface area contributed by atoms with Crippen LogP contribution in [0.3, 0.4) is 0 Å². The van der Waals surface area contributed by atoms with Crippen LogP contribution in [0.1, 0.15) is 10.5 Å². The van der Waals surface area contributed by atoms with Gasteiger partial charge in [0.2, 0.25) is 5.95 Å². The summed E-state index contributed by atoms with van der Waals surface area (Å²) in [6.45, 7) is 3.34. The fourth-order valence-corrected chi connectivity index (χ4v) is 4.06. The molecular weight excluding hydrogens is 436 g/mol. The van der Waals surface area contributed by atoms with E-state index in [0.717, 1.165) is 43.2 Å². The fraction of sp³-hybridized carbons (Fsp3) is 0.167. The lowest BCUT2D eigenvalue weighted by Crippen LogP contribution is -2.36. The van der Waals surface area contributed by atoms with Crippen molar-refractivity contribution in [3.8, 4) is 11.3 Å². The van der Waals surface area contributed by atoms with Crippen LogP contribution in [-0.4, -0.2) is 47.2 Å². The Bertz CT molecular complexity index is 1210. The molecule has 2 aromatic heterocycles. The molecule has 3 heterocycles. The lowest BCUT2D eigenvalue weighted by atomic mass is 10.1. The molecule has 9 heteroatoms. The number of morpholine rings is 1. The van der Waals surface area contributed by atoms with Crippen molar-refractivity contribution in [2.45, 2.75) is 0 Å². The fourth-order valence-electron chi connectivity index (χ4n) is 3.53. The summed E-state index contributed by atoms with van der Waals surface area (Å²) in [4.78, 5) is 27.5. The molecule has 0 saturated carbocycles. The maximum Gasteiger partial charge on any atom is 0.275 e. The first-order chi connectivity index (χ1) is 16.2. The Balaban J connectivity index is 1.24. The van der Waals surface area contributed by atoms with Crippen LogP contribution < -0.4 is 15.5 Å². The number of benzene rings is 2. The monoisotopic (exact) mass is 458 g/mol. The van der Waals surface area contributed by atoms with Crippen molar-refractivity contribution in [3.05, 3.63) is 77.4 Å². The number of nitrogens with one attached hydrogen (secondary N) is 2. The van der Waals surface area contributed by atoms with E-state index < -0.39 is 0 Å². The number of hydrogen-bond acceptors (Lipinski definition) is 8. The average Bonchev–Trinajstić information content (AvgIpc) is 3.41. The Labute approximate surface area is 195 Å². The van der Waals surface area contributed by atoms with E-state index in [4.69, 9.17) is 4.74 Å². The molecule has 2 N–H and O–H groups in total. The van der Waals surface area contributed by atoms with Gasteiger partial charge < -0.3 is 20.3 Å². The van der Waals surface area contributed by atoms with Gasteiger partial charge in [0.1, 0.15) is 5.69 Å². The minimum atomic E-state index is -0.225. The van der Waals surface area contributed by atoms with Gasteiger partial charge in [0, 0.05) is 47.3 Å². The highest BCUT2D eigenvalue weighted by molar-refractivity contribution is 7.07. The highest BCUT2D eigenvalue weighted by Crippen LogP contribution is 2.23. The average molecular weight is 459 g/mol. The SMILES string of the molecule is O=C(Nc1ccc(-c2ccnc(Nc3ccc(N4CCOCC4)cc3)n2)cc1)c1cscn1. The Morgan fingerprint density at radius 3 is 2.42 bits per heavy atom. The molecule has 0 bridgehead atoms. The van der Waals surface area contributed by atoms with E-state index in [0.29, 0.717) is 17.3 Å². The molecule has 166 valence electrons. The van der Waals surface area contributed by atoms with Gasteiger partial charge in [-0.15, -0.1) is 11.3 Å². The lowest BCUT2D eigenvalue weighted by molar-refractivity contribution is 0.102. The van der Waals surface area contributed by atoms with Crippen LogP contribution in [0, 0.1) is 0 Å². The molecule has 1 aliphatic heterocycles. The van der Waals surface area contributed by atoms with Crippen molar-refractivity contribution in [1.82, 2.24) is 15.0 Å².